The Bertz CT molecular complexity index is 364. The Labute approximate surface area is 94.6 Å². The highest BCUT2D eigenvalue weighted by atomic mass is 16.5. The fourth-order valence-corrected chi connectivity index (χ4v) is 1.33. The van der Waals surface area contributed by atoms with Gasteiger partial charge >= 0.3 is 0 Å². The molecule has 1 aromatic heterocycles. The largest absolute Gasteiger partial charge is 0.489 e. The highest BCUT2D eigenvalue weighted by Crippen LogP contribution is 2.31. The molecule has 4 nitrogen and oxygen atoms in total. The second-order valence-electron chi connectivity index (χ2n) is 4.13. The Hall–Kier alpha value is -1.58. The number of carbonyl (C=O) groups is 1. The molecular weight excluding hydrogens is 206 g/mol. The second-order valence-corrected chi connectivity index (χ2v) is 4.13. The molecule has 0 atom stereocenters. The van der Waals surface area contributed by atoms with Crippen LogP contribution in [-0.2, 0) is 0 Å². The summed E-state index contributed by atoms with van der Waals surface area (Å²) in [5.74, 6) is 0.923. The molecule has 0 amide bonds. The third-order valence-electron chi connectivity index (χ3n) is 2.20. The van der Waals surface area contributed by atoms with Gasteiger partial charge < -0.3 is 9.47 Å². The summed E-state index contributed by atoms with van der Waals surface area (Å²) in [5, 5.41) is 0. The molecule has 86 valence electrons. The molecule has 1 heterocycles. The van der Waals surface area contributed by atoms with Gasteiger partial charge in [0.25, 0.3) is 0 Å². The summed E-state index contributed by atoms with van der Waals surface area (Å²) < 4.78 is 11.1. The van der Waals surface area contributed by atoms with E-state index in [0.717, 1.165) is 19.1 Å². The van der Waals surface area contributed by atoms with Crippen LogP contribution in [0, 0.1) is 0 Å². The number of aromatic nitrogens is 1. The maximum atomic E-state index is 11.0. The molecule has 0 N–H and O–H groups in total. The Balaban J connectivity index is 2.25. The Morgan fingerprint density at radius 2 is 2.25 bits per heavy atom. The molecule has 0 radical (unpaired) electrons. The molecule has 1 saturated carbocycles. The summed E-state index contributed by atoms with van der Waals surface area (Å²) in [5.41, 5.74) is 0.406. The van der Waals surface area contributed by atoms with Crippen molar-refractivity contribution in [2.75, 3.05) is 0 Å². The van der Waals surface area contributed by atoms with Gasteiger partial charge in [0.15, 0.2) is 6.29 Å². The first-order chi connectivity index (χ1) is 7.70. The van der Waals surface area contributed by atoms with E-state index in [4.69, 9.17) is 9.47 Å². The third kappa shape index (κ3) is 2.51. The van der Waals surface area contributed by atoms with E-state index >= 15 is 0 Å². The predicted octanol–water partition coefficient (Wildman–Crippen LogP) is 2.22. The van der Waals surface area contributed by atoms with Crippen LogP contribution in [0.4, 0.5) is 0 Å². The Morgan fingerprint density at radius 3 is 2.81 bits per heavy atom. The molecule has 1 aromatic rings. The van der Waals surface area contributed by atoms with Gasteiger partial charge in [0.1, 0.15) is 11.3 Å². The lowest BCUT2D eigenvalue weighted by atomic mass is 10.2. The number of hydrogen-bond acceptors (Lipinski definition) is 4. The van der Waals surface area contributed by atoms with Gasteiger partial charge in [-0.2, -0.15) is 0 Å². The number of ether oxygens (including phenoxy) is 2. The van der Waals surface area contributed by atoms with Crippen LogP contribution >= 0.6 is 0 Å². The van der Waals surface area contributed by atoms with E-state index in [1.807, 2.05) is 13.8 Å². The van der Waals surface area contributed by atoms with Gasteiger partial charge in [0.2, 0.25) is 5.88 Å². The van der Waals surface area contributed by atoms with Crippen LogP contribution in [0.2, 0.25) is 0 Å². The number of pyridine rings is 1. The van der Waals surface area contributed by atoms with E-state index in [1.54, 1.807) is 12.3 Å². The lowest BCUT2D eigenvalue weighted by Crippen LogP contribution is -2.10. The van der Waals surface area contributed by atoms with Gasteiger partial charge in [-0.1, -0.05) is 0 Å². The molecule has 0 saturated heterocycles. The quantitative estimate of drug-likeness (QED) is 0.715. The first-order valence-corrected chi connectivity index (χ1v) is 5.48. The summed E-state index contributed by atoms with van der Waals surface area (Å²) >= 11 is 0. The standard InChI is InChI=1S/C12H15NO3/c1-8(2)15-12-10(7-14)11(5-6-13-12)16-9-3-4-9/h5-9H,3-4H2,1-2H3. The van der Waals surface area contributed by atoms with Crippen molar-refractivity contribution in [2.24, 2.45) is 0 Å². The SMILES string of the molecule is CC(C)Oc1nccc(OC2CC2)c1C=O. The number of hydrogen-bond donors (Lipinski definition) is 0. The van der Waals surface area contributed by atoms with Crippen LogP contribution in [0.1, 0.15) is 37.0 Å². The van der Waals surface area contributed by atoms with E-state index in [-0.39, 0.29) is 12.2 Å². The lowest BCUT2D eigenvalue weighted by Gasteiger charge is -2.13. The van der Waals surface area contributed by atoms with Crippen molar-refractivity contribution in [2.45, 2.75) is 38.9 Å². The predicted molar refractivity (Wildman–Crippen MR) is 59.0 cm³/mol. The van der Waals surface area contributed by atoms with Crippen LogP contribution in [0.25, 0.3) is 0 Å². The van der Waals surface area contributed by atoms with Crippen molar-refractivity contribution < 1.29 is 14.3 Å². The smallest absolute Gasteiger partial charge is 0.228 e. The van der Waals surface area contributed by atoms with Crippen molar-refractivity contribution in [1.29, 1.82) is 0 Å². The van der Waals surface area contributed by atoms with Gasteiger partial charge in [-0.3, -0.25) is 4.79 Å². The van der Waals surface area contributed by atoms with Gasteiger partial charge in [-0.15, -0.1) is 0 Å². The molecule has 2 rings (SSSR count). The summed E-state index contributed by atoms with van der Waals surface area (Å²) in [6.07, 6.45) is 4.70. The Morgan fingerprint density at radius 1 is 1.50 bits per heavy atom. The molecule has 4 heteroatoms. The summed E-state index contributed by atoms with van der Waals surface area (Å²) in [6.45, 7) is 3.79. The highest BCUT2D eigenvalue weighted by molar-refractivity contribution is 5.82. The van der Waals surface area contributed by atoms with Crippen LogP contribution < -0.4 is 9.47 Å². The molecule has 0 aliphatic heterocycles. The second kappa shape index (κ2) is 4.51. The molecule has 16 heavy (non-hydrogen) atoms. The van der Waals surface area contributed by atoms with E-state index < -0.39 is 0 Å². The fraction of sp³-hybridized carbons (Fsp3) is 0.500. The van der Waals surface area contributed by atoms with Gasteiger partial charge in [-0.25, -0.2) is 4.98 Å². The van der Waals surface area contributed by atoms with Crippen LogP contribution in [0.15, 0.2) is 12.3 Å². The van der Waals surface area contributed by atoms with Crippen molar-refractivity contribution >= 4 is 6.29 Å². The van der Waals surface area contributed by atoms with Crippen LogP contribution in [0.5, 0.6) is 11.6 Å². The average Bonchev–Trinajstić information content (AvgIpc) is 3.01. The maximum Gasteiger partial charge on any atom is 0.228 e. The first-order valence-electron chi connectivity index (χ1n) is 5.48. The number of rotatable bonds is 5. The zero-order chi connectivity index (χ0) is 11.5. The molecular formula is C12H15NO3. The summed E-state index contributed by atoms with van der Waals surface area (Å²) in [4.78, 5) is 15.1. The molecule has 0 unspecified atom stereocenters. The van der Waals surface area contributed by atoms with Crippen LogP contribution in [-0.4, -0.2) is 23.5 Å². The van der Waals surface area contributed by atoms with Crippen molar-refractivity contribution in [1.82, 2.24) is 4.98 Å². The third-order valence-corrected chi connectivity index (χ3v) is 2.20. The monoisotopic (exact) mass is 221 g/mol. The van der Waals surface area contributed by atoms with Gasteiger partial charge in [0.05, 0.1) is 12.2 Å². The first kappa shape index (κ1) is 10.9. The highest BCUT2D eigenvalue weighted by Gasteiger charge is 2.25. The average molecular weight is 221 g/mol. The minimum absolute atomic E-state index is 0.0117. The minimum Gasteiger partial charge on any atom is -0.489 e. The van der Waals surface area contributed by atoms with Gasteiger partial charge in [-0.05, 0) is 32.8 Å². The fourth-order valence-electron chi connectivity index (χ4n) is 1.33. The van der Waals surface area contributed by atoms with Crippen molar-refractivity contribution in [3.8, 4) is 11.6 Å². The number of aldehydes is 1. The van der Waals surface area contributed by atoms with E-state index in [0.29, 0.717) is 17.2 Å². The number of nitrogens with zero attached hydrogens (tertiary/aromatic N) is 1. The van der Waals surface area contributed by atoms with Gasteiger partial charge in [0, 0.05) is 6.20 Å². The van der Waals surface area contributed by atoms with E-state index in [9.17, 15) is 4.79 Å². The zero-order valence-corrected chi connectivity index (χ0v) is 9.47. The Kier molecular flexibility index (Phi) is 3.08. The molecule has 0 bridgehead atoms. The van der Waals surface area contributed by atoms with E-state index in [1.165, 1.54) is 0 Å². The van der Waals surface area contributed by atoms with Crippen molar-refractivity contribution in [3.63, 3.8) is 0 Å². The van der Waals surface area contributed by atoms with E-state index in [2.05, 4.69) is 4.98 Å². The summed E-state index contributed by atoms with van der Waals surface area (Å²) in [6, 6.07) is 1.70. The lowest BCUT2D eigenvalue weighted by molar-refractivity contribution is 0.111. The molecule has 1 fully saturated rings. The molecule has 0 spiro atoms. The van der Waals surface area contributed by atoms with Crippen molar-refractivity contribution in [3.05, 3.63) is 17.8 Å². The molecule has 1 aliphatic rings. The minimum atomic E-state index is -0.0117. The summed E-state index contributed by atoms with van der Waals surface area (Å²) in [7, 11) is 0. The zero-order valence-electron chi connectivity index (χ0n) is 9.47. The topological polar surface area (TPSA) is 48.4 Å². The number of carbonyl (C=O) groups excluding carboxylic acids is 1. The van der Waals surface area contributed by atoms with Crippen LogP contribution in [0.3, 0.4) is 0 Å². The maximum absolute atomic E-state index is 11.0. The molecule has 1 aliphatic carbocycles. The molecule has 0 aromatic carbocycles. The normalized spacial score (nSPS) is 14.9.